The third-order valence-electron chi connectivity index (χ3n) is 3.39. The van der Waals surface area contributed by atoms with Gasteiger partial charge in [-0.25, -0.2) is 9.78 Å². The zero-order chi connectivity index (χ0) is 15.0. The van der Waals surface area contributed by atoms with Crippen molar-refractivity contribution in [2.45, 2.75) is 24.8 Å². The van der Waals surface area contributed by atoms with E-state index in [1.807, 2.05) is 0 Å². The van der Waals surface area contributed by atoms with Crippen LogP contribution in [-0.4, -0.2) is 37.0 Å². The molecule has 1 aliphatic rings. The number of hydrogen-bond donors (Lipinski definition) is 3. The molecule has 0 bridgehead atoms. The number of azide groups is 1. The van der Waals surface area contributed by atoms with Gasteiger partial charge in [0.15, 0.2) is 11.2 Å². The Kier molecular flexibility index (Phi) is 3.01. The van der Waals surface area contributed by atoms with Gasteiger partial charge in [-0.1, -0.05) is 5.11 Å². The first kappa shape index (κ1) is 13.4. The minimum absolute atomic E-state index is 0.0727. The van der Waals surface area contributed by atoms with E-state index in [1.165, 1.54) is 10.9 Å². The molecule has 1 aliphatic heterocycles. The summed E-state index contributed by atoms with van der Waals surface area (Å²) >= 11 is 0. The van der Waals surface area contributed by atoms with Crippen LogP contribution in [0.1, 0.15) is 19.1 Å². The summed E-state index contributed by atoms with van der Waals surface area (Å²) in [6.45, 7) is -0.461. The topological polar surface area (TPSA) is 162 Å². The molecule has 0 unspecified atom stereocenters. The number of aliphatic hydroxyl groups is 1. The summed E-state index contributed by atoms with van der Waals surface area (Å²) in [6.07, 6.45) is 1.49. The third-order valence-corrected chi connectivity index (χ3v) is 3.39. The van der Waals surface area contributed by atoms with Crippen LogP contribution in [0.15, 0.2) is 21.0 Å². The normalized spacial score (nSPS) is 25.1. The average molecular weight is 293 g/mol. The first-order chi connectivity index (χ1) is 10.1. The van der Waals surface area contributed by atoms with Crippen LogP contribution in [-0.2, 0) is 4.74 Å². The van der Waals surface area contributed by atoms with Crippen LogP contribution in [0.2, 0.25) is 0 Å². The fourth-order valence-corrected chi connectivity index (χ4v) is 2.39. The number of hydrogen-bond acceptors (Lipinski definition) is 6. The van der Waals surface area contributed by atoms with Crippen molar-refractivity contribution in [3.63, 3.8) is 0 Å². The molecule has 11 nitrogen and oxygen atoms in total. The molecular formula is C10H11N7O4. The van der Waals surface area contributed by atoms with Gasteiger partial charge in [0.1, 0.15) is 11.9 Å². The summed E-state index contributed by atoms with van der Waals surface area (Å²) < 4.78 is 7.06. The molecule has 0 aromatic carbocycles. The van der Waals surface area contributed by atoms with E-state index >= 15 is 0 Å². The van der Waals surface area contributed by atoms with Crippen molar-refractivity contribution in [2.24, 2.45) is 5.11 Å². The largest absolute Gasteiger partial charge is 0.393 e. The highest BCUT2D eigenvalue weighted by molar-refractivity contribution is 5.68. The van der Waals surface area contributed by atoms with Crippen molar-refractivity contribution < 1.29 is 9.84 Å². The Bertz CT molecular complexity index is 845. The molecular weight excluding hydrogens is 282 g/mol. The van der Waals surface area contributed by atoms with E-state index in [0.29, 0.717) is 12.8 Å². The highest BCUT2D eigenvalue weighted by Gasteiger charge is 2.40. The van der Waals surface area contributed by atoms with Crippen LogP contribution in [0.25, 0.3) is 21.6 Å². The molecule has 3 heterocycles. The third kappa shape index (κ3) is 2.09. The first-order valence-electron chi connectivity index (χ1n) is 6.13. The average Bonchev–Trinajstić information content (AvgIpc) is 3.04. The summed E-state index contributed by atoms with van der Waals surface area (Å²) in [4.78, 5) is 34.1. The van der Waals surface area contributed by atoms with E-state index in [9.17, 15) is 14.7 Å². The van der Waals surface area contributed by atoms with Crippen LogP contribution in [0.4, 0.5) is 0 Å². The van der Waals surface area contributed by atoms with E-state index in [2.05, 4.69) is 25.0 Å². The number of nitrogens with zero attached hydrogens (tertiary/aromatic N) is 5. The van der Waals surface area contributed by atoms with E-state index in [-0.39, 0.29) is 11.2 Å². The van der Waals surface area contributed by atoms with Crippen molar-refractivity contribution in [3.05, 3.63) is 37.6 Å². The zero-order valence-corrected chi connectivity index (χ0v) is 10.7. The molecule has 0 amide bonds. The van der Waals surface area contributed by atoms with Gasteiger partial charge in [-0.15, -0.1) is 0 Å². The molecule has 2 aromatic heterocycles. The summed E-state index contributed by atoms with van der Waals surface area (Å²) in [5.74, 6) is 0. The lowest BCUT2D eigenvalue weighted by Crippen LogP contribution is -2.30. The molecule has 2 aromatic rings. The molecule has 1 fully saturated rings. The van der Waals surface area contributed by atoms with Gasteiger partial charge < -0.3 is 9.84 Å². The van der Waals surface area contributed by atoms with Gasteiger partial charge in [0.2, 0.25) is 0 Å². The summed E-state index contributed by atoms with van der Waals surface area (Å²) in [5, 5.41) is 12.8. The van der Waals surface area contributed by atoms with Crippen LogP contribution in [0.3, 0.4) is 0 Å². The molecule has 0 aliphatic carbocycles. The van der Waals surface area contributed by atoms with E-state index in [0.717, 1.165) is 0 Å². The van der Waals surface area contributed by atoms with Crippen molar-refractivity contribution in [2.75, 3.05) is 6.61 Å². The van der Waals surface area contributed by atoms with Gasteiger partial charge in [-0.05, 0) is 18.4 Å². The molecule has 21 heavy (non-hydrogen) atoms. The first-order valence-corrected chi connectivity index (χ1v) is 6.13. The molecule has 0 radical (unpaired) electrons. The second-order valence-corrected chi connectivity index (χ2v) is 4.66. The van der Waals surface area contributed by atoms with E-state index < -0.39 is 29.8 Å². The number of aliphatic hydroxyl groups excluding tert-OH is 1. The van der Waals surface area contributed by atoms with E-state index in [4.69, 9.17) is 10.3 Å². The van der Waals surface area contributed by atoms with Crippen LogP contribution >= 0.6 is 0 Å². The monoisotopic (exact) mass is 293 g/mol. The number of fused-ring (bicyclic) bond motifs is 1. The SMILES string of the molecule is [N-]=[N+]=N[C@@]1(CO)CC[C@@H](n2cnc3c(=O)[nH]c(=O)[nH]c32)O1. The number of rotatable bonds is 3. The lowest BCUT2D eigenvalue weighted by Gasteiger charge is -2.21. The van der Waals surface area contributed by atoms with Gasteiger partial charge in [-0.2, -0.15) is 0 Å². The minimum Gasteiger partial charge on any atom is -0.393 e. The maximum Gasteiger partial charge on any atom is 0.327 e. The Morgan fingerprint density at radius 2 is 2.43 bits per heavy atom. The molecule has 3 rings (SSSR count). The minimum atomic E-state index is -1.34. The Morgan fingerprint density at radius 3 is 3.14 bits per heavy atom. The summed E-state index contributed by atoms with van der Waals surface area (Å²) in [7, 11) is 0. The molecule has 0 saturated carbocycles. The predicted molar refractivity (Wildman–Crippen MR) is 69.3 cm³/mol. The standard InChI is InChI=1S/C10H11N7O4/c11-16-15-10(3-18)2-1-5(21-10)17-4-12-6-7(17)13-9(20)14-8(6)19/h4-5,18H,1-3H2,(H2,13,14,19,20)/t5-,10-/m0/s1. The second kappa shape index (κ2) is 4.74. The zero-order valence-electron chi connectivity index (χ0n) is 10.7. The molecule has 1 saturated heterocycles. The highest BCUT2D eigenvalue weighted by atomic mass is 16.6. The Labute approximate surface area is 115 Å². The van der Waals surface area contributed by atoms with E-state index in [1.54, 1.807) is 0 Å². The molecule has 2 atom stereocenters. The number of nitrogens with one attached hydrogen (secondary N) is 2. The fraction of sp³-hybridized carbons (Fsp3) is 0.500. The van der Waals surface area contributed by atoms with Gasteiger partial charge in [0, 0.05) is 4.91 Å². The number of ether oxygens (including phenoxy) is 1. The summed E-state index contributed by atoms with van der Waals surface area (Å²) in [6, 6.07) is 0. The van der Waals surface area contributed by atoms with Gasteiger partial charge >= 0.3 is 5.69 Å². The lowest BCUT2D eigenvalue weighted by atomic mass is 10.1. The van der Waals surface area contributed by atoms with Gasteiger partial charge in [0.05, 0.1) is 12.9 Å². The second-order valence-electron chi connectivity index (χ2n) is 4.66. The van der Waals surface area contributed by atoms with Gasteiger partial charge in [0.25, 0.3) is 5.56 Å². The quantitative estimate of drug-likeness (QED) is 0.402. The molecule has 3 N–H and O–H groups in total. The Hall–Kier alpha value is -2.62. The van der Waals surface area contributed by atoms with Gasteiger partial charge in [-0.3, -0.25) is 19.3 Å². The van der Waals surface area contributed by atoms with Crippen molar-refractivity contribution in [1.29, 1.82) is 0 Å². The van der Waals surface area contributed by atoms with Crippen LogP contribution < -0.4 is 11.2 Å². The van der Waals surface area contributed by atoms with Crippen molar-refractivity contribution in [1.82, 2.24) is 19.5 Å². The Balaban J connectivity index is 2.05. The maximum absolute atomic E-state index is 11.6. The van der Waals surface area contributed by atoms with Crippen molar-refractivity contribution in [3.8, 4) is 0 Å². The summed E-state index contributed by atoms with van der Waals surface area (Å²) in [5.41, 5.74) is 6.23. The number of imidazole rings is 1. The number of H-pyrrole nitrogens is 2. The van der Waals surface area contributed by atoms with Crippen LogP contribution in [0.5, 0.6) is 0 Å². The Morgan fingerprint density at radius 1 is 1.62 bits per heavy atom. The maximum atomic E-state index is 11.6. The number of aromatic nitrogens is 4. The van der Waals surface area contributed by atoms with Crippen molar-refractivity contribution >= 4 is 11.2 Å². The molecule has 110 valence electrons. The smallest absolute Gasteiger partial charge is 0.327 e. The lowest BCUT2D eigenvalue weighted by molar-refractivity contribution is -0.0925. The molecule has 0 spiro atoms. The van der Waals surface area contributed by atoms with Crippen LogP contribution in [0, 0.1) is 0 Å². The predicted octanol–water partition coefficient (Wildman–Crippen LogP) is -0.279. The highest BCUT2D eigenvalue weighted by Crippen LogP contribution is 2.38. The number of aromatic amines is 2. The fourth-order valence-electron chi connectivity index (χ4n) is 2.39. The molecule has 11 heteroatoms.